The number of benzene rings is 1. The third-order valence-electron chi connectivity index (χ3n) is 4.13. The molecule has 2 rings (SSSR count). The van der Waals surface area contributed by atoms with Crippen molar-refractivity contribution in [2.75, 3.05) is 13.1 Å². The number of hydrogen-bond donors (Lipinski definition) is 0. The molecule has 3 heteroatoms. The Morgan fingerprint density at radius 2 is 1.90 bits per heavy atom. The third-order valence-corrected chi connectivity index (χ3v) is 4.13. The van der Waals surface area contributed by atoms with E-state index in [1.807, 2.05) is 23.1 Å². The van der Waals surface area contributed by atoms with Crippen molar-refractivity contribution >= 4 is 12.2 Å². The summed E-state index contributed by atoms with van der Waals surface area (Å²) in [5, 5.41) is 0. The molecule has 1 aliphatic heterocycles. The number of amides is 1. The summed E-state index contributed by atoms with van der Waals surface area (Å²) in [6, 6.07) is 10.2. The minimum absolute atomic E-state index is 0.266. The second-order valence-corrected chi connectivity index (χ2v) is 5.55. The third kappa shape index (κ3) is 4.48. The zero-order chi connectivity index (χ0) is 14.2. The molecule has 20 heavy (non-hydrogen) atoms. The molecule has 0 saturated carbocycles. The lowest BCUT2D eigenvalue weighted by Gasteiger charge is -2.32. The predicted molar refractivity (Wildman–Crippen MR) is 79.4 cm³/mol. The van der Waals surface area contributed by atoms with Crippen molar-refractivity contribution in [3.05, 3.63) is 35.9 Å². The average molecular weight is 273 g/mol. The summed E-state index contributed by atoms with van der Waals surface area (Å²) in [5.41, 5.74) is 1.22. The Kier molecular flexibility index (Phi) is 5.78. The van der Waals surface area contributed by atoms with Crippen molar-refractivity contribution in [3.63, 3.8) is 0 Å². The van der Waals surface area contributed by atoms with Gasteiger partial charge in [-0.1, -0.05) is 30.3 Å². The summed E-state index contributed by atoms with van der Waals surface area (Å²) < 4.78 is 0. The summed E-state index contributed by atoms with van der Waals surface area (Å²) in [5.74, 6) is 0.890. The number of rotatable bonds is 6. The van der Waals surface area contributed by atoms with Crippen LogP contribution in [-0.4, -0.2) is 30.2 Å². The fraction of sp³-hybridized carbons (Fsp3) is 0.529. The fourth-order valence-corrected chi connectivity index (χ4v) is 2.83. The van der Waals surface area contributed by atoms with E-state index in [-0.39, 0.29) is 5.91 Å². The molecular weight excluding hydrogens is 250 g/mol. The van der Waals surface area contributed by atoms with Crippen molar-refractivity contribution in [1.29, 1.82) is 0 Å². The van der Waals surface area contributed by atoms with Crippen LogP contribution in [0.4, 0.5) is 0 Å². The van der Waals surface area contributed by atoms with E-state index in [2.05, 4.69) is 12.1 Å². The minimum atomic E-state index is 0.266. The average Bonchev–Trinajstić information content (AvgIpc) is 2.52. The van der Waals surface area contributed by atoms with Crippen LogP contribution in [0.3, 0.4) is 0 Å². The van der Waals surface area contributed by atoms with Gasteiger partial charge in [0.15, 0.2) is 0 Å². The quantitative estimate of drug-likeness (QED) is 0.747. The smallest absolute Gasteiger partial charge is 0.222 e. The Balaban J connectivity index is 1.70. The number of aryl methyl sites for hydroxylation is 1. The number of carbonyl (C=O) groups excluding carboxylic acids is 2. The first-order chi connectivity index (χ1) is 9.79. The van der Waals surface area contributed by atoms with E-state index < -0.39 is 0 Å². The van der Waals surface area contributed by atoms with Crippen molar-refractivity contribution < 1.29 is 9.59 Å². The molecule has 1 amide bonds. The molecular formula is C17H23NO2. The number of aldehydes is 1. The molecule has 0 bridgehead atoms. The lowest BCUT2D eigenvalue weighted by atomic mass is 9.92. The molecule has 0 aromatic heterocycles. The highest BCUT2D eigenvalue weighted by molar-refractivity contribution is 5.76. The summed E-state index contributed by atoms with van der Waals surface area (Å²) in [6.07, 6.45) is 6.16. The van der Waals surface area contributed by atoms with Gasteiger partial charge in [-0.25, -0.2) is 0 Å². The van der Waals surface area contributed by atoms with Gasteiger partial charge in [-0.2, -0.15) is 0 Å². The van der Waals surface area contributed by atoms with E-state index in [9.17, 15) is 9.59 Å². The first-order valence-electron chi connectivity index (χ1n) is 7.55. The van der Waals surface area contributed by atoms with Gasteiger partial charge in [0.2, 0.25) is 5.91 Å². The Bertz CT molecular complexity index is 422. The highest BCUT2D eigenvalue weighted by atomic mass is 16.2. The molecule has 0 aliphatic carbocycles. The van der Waals surface area contributed by atoms with Crippen LogP contribution in [0.1, 0.15) is 37.7 Å². The molecule has 1 heterocycles. The summed E-state index contributed by atoms with van der Waals surface area (Å²) in [4.78, 5) is 24.5. The maximum Gasteiger partial charge on any atom is 0.222 e. The van der Waals surface area contributed by atoms with E-state index in [1.54, 1.807) is 0 Å². The largest absolute Gasteiger partial charge is 0.343 e. The van der Waals surface area contributed by atoms with E-state index >= 15 is 0 Å². The zero-order valence-corrected chi connectivity index (χ0v) is 12.0. The van der Waals surface area contributed by atoms with Crippen LogP contribution in [0.2, 0.25) is 0 Å². The van der Waals surface area contributed by atoms with Crippen molar-refractivity contribution in [1.82, 2.24) is 4.90 Å². The number of likely N-dealkylation sites (tertiary alicyclic amines) is 1. The van der Waals surface area contributed by atoms with Crippen LogP contribution in [0.15, 0.2) is 30.3 Å². The van der Waals surface area contributed by atoms with Gasteiger partial charge in [0, 0.05) is 25.9 Å². The monoisotopic (exact) mass is 273 g/mol. The topological polar surface area (TPSA) is 37.4 Å². The van der Waals surface area contributed by atoms with Gasteiger partial charge >= 0.3 is 0 Å². The molecule has 1 fully saturated rings. The molecule has 0 unspecified atom stereocenters. The molecule has 0 atom stereocenters. The number of nitrogens with zero attached hydrogens (tertiary/aromatic N) is 1. The van der Waals surface area contributed by atoms with Gasteiger partial charge in [-0.15, -0.1) is 0 Å². The van der Waals surface area contributed by atoms with Crippen molar-refractivity contribution in [2.45, 2.75) is 38.5 Å². The zero-order valence-electron chi connectivity index (χ0n) is 12.0. The molecule has 0 spiro atoms. The number of piperidine rings is 1. The van der Waals surface area contributed by atoms with Crippen LogP contribution in [0.25, 0.3) is 0 Å². The van der Waals surface area contributed by atoms with Crippen LogP contribution in [0, 0.1) is 5.92 Å². The maximum absolute atomic E-state index is 12.2. The highest BCUT2D eigenvalue weighted by Gasteiger charge is 2.22. The minimum Gasteiger partial charge on any atom is -0.343 e. The van der Waals surface area contributed by atoms with E-state index in [0.29, 0.717) is 18.8 Å². The standard InChI is InChI=1S/C17H23NO2/c19-14-4-7-16-10-12-18(13-11-16)17(20)9-8-15-5-2-1-3-6-15/h1-3,5-6,14,16H,4,7-13H2. The van der Waals surface area contributed by atoms with Gasteiger partial charge < -0.3 is 9.69 Å². The SMILES string of the molecule is O=CCCC1CCN(C(=O)CCc2ccccc2)CC1. The molecule has 1 aliphatic rings. The van der Waals surface area contributed by atoms with Crippen LogP contribution in [0.5, 0.6) is 0 Å². The van der Waals surface area contributed by atoms with E-state index in [0.717, 1.165) is 45.1 Å². The molecule has 0 N–H and O–H groups in total. The second-order valence-electron chi connectivity index (χ2n) is 5.55. The molecule has 3 nitrogen and oxygen atoms in total. The molecule has 0 radical (unpaired) electrons. The van der Waals surface area contributed by atoms with Crippen molar-refractivity contribution in [3.8, 4) is 0 Å². The first-order valence-corrected chi connectivity index (χ1v) is 7.55. The van der Waals surface area contributed by atoms with Crippen molar-refractivity contribution in [2.24, 2.45) is 5.92 Å². The normalized spacial score (nSPS) is 16.1. The van der Waals surface area contributed by atoms with Gasteiger partial charge in [-0.3, -0.25) is 4.79 Å². The van der Waals surface area contributed by atoms with Gasteiger partial charge in [0.1, 0.15) is 6.29 Å². The van der Waals surface area contributed by atoms with E-state index in [4.69, 9.17) is 0 Å². The van der Waals surface area contributed by atoms with Crippen LogP contribution >= 0.6 is 0 Å². The maximum atomic E-state index is 12.2. The molecule has 1 saturated heterocycles. The van der Waals surface area contributed by atoms with E-state index in [1.165, 1.54) is 5.56 Å². The Labute approximate surface area is 121 Å². The van der Waals surface area contributed by atoms with Gasteiger partial charge in [0.25, 0.3) is 0 Å². The van der Waals surface area contributed by atoms with Gasteiger partial charge in [-0.05, 0) is 37.2 Å². The van der Waals surface area contributed by atoms with Crippen LogP contribution in [-0.2, 0) is 16.0 Å². The summed E-state index contributed by atoms with van der Waals surface area (Å²) in [6.45, 7) is 1.72. The number of carbonyl (C=O) groups is 2. The van der Waals surface area contributed by atoms with Crippen LogP contribution < -0.4 is 0 Å². The molecule has 108 valence electrons. The Hall–Kier alpha value is -1.64. The predicted octanol–water partition coefficient (Wildman–Crippen LogP) is 2.84. The second kappa shape index (κ2) is 7.83. The lowest BCUT2D eigenvalue weighted by molar-refractivity contribution is -0.132. The summed E-state index contributed by atoms with van der Waals surface area (Å²) in [7, 11) is 0. The number of hydrogen-bond acceptors (Lipinski definition) is 2. The lowest BCUT2D eigenvalue weighted by Crippen LogP contribution is -2.38. The Morgan fingerprint density at radius 3 is 2.55 bits per heavy atom. The fourth-order valence-electron chi connectivity index (χ4n) is 2.83. The Morgan fingerprint density at radius 1 is 1.20 bits per heavy atom. The molecule has 1 aromatic rings. The highest BCUT2D eigenvalue weighted by Crippen LogP contribution is 2.22. The summed E-state index contributed by atoms with van der Waals surface area (Å²) >= 11 is 0. The molecule has 1 aromatic carbocycles. The van der Waals surface area contributed by atoms with Gasteiger partial charge in [0.05, 0.1) is 0 Å². The first kappa shape index (κ1) is 14.8.